The zero-order valence-electron chi connectivity index (χ0n) is 23.9. The van der Waals surface area contributed by atoms with E-state index in [-0.39, 0.29) is 17.5 Å². The van der Waals surface area contributed by atoms with Gasteiger partial charge in [0, 0.05) is 22.8 Å². The summed E-state index contributed by atoms with van der Waals surface area (Å²) in [6, 6.07) is 16.2. The molecule has 7 rings (SSSR count). The number of fused-ring (bicyclic) bond motifs is 2. The molecular formula is C34H33ClFN3O4. The van der Waals surface area contributed by atoms with E-state index in [2.05, 4.69) is 34.6 Å². The molecule has 0 amide bonds. The Morgan fingerprint density at radius 3 is 2.63 bits per heavy atom. The molecule has 3 aromatic carbocycles. The minimum Gasteiger partial charge on any atom is -0.481 e. The van der Waals surface area contributed by atoms with Gasteiger partial charge in [-0.05, 0) is 92.7 Å². The SMILES string of the molecule is CC1=C[C@@H](c2ccc(Cl)cc2F)Oc2c1cccc2C1CCN(Cc2nc3ccc(C(=O)O)cc3n2C[C@@H]2CCO2)CC1. The monoisotopic (exact) mass is 601 g/mol. The molecule has 1 aromatic heterocycles. The van der Waals surface area contributed by atoms with Crippen LogP contribution < -0.4 is 4.74 Å². The van der Waals surface area contributed by atoms with Gasteiger partial charge in [0.15, 0.2) is 0 Å². The van der Waals surface area contributed by atoms with Gasteiger partial charge in [-0.3, -0.25) is 4.90 Å². The lowest BCUT2D eigenvalue weighted by Gasteiger charge is -2.35. The summed E-state index contributed by atoms with van der Waals surface area (Å²) in [5.74, 6) is 0.774. The fraction of sp³-hybridized carbons (Fsp3) is 0.353. The average Bonchev–Trinajstić information content (AvgIpc) is 3.31. The van der Waals surface area contributed by atoms with Crippen LogP contribution >= 0.6 is 11.6 Å². The number of para-hydroxylation sites is 1. The van der Waals surface area contributed by atoms with E-state index in [1.807, 2.05) is 6.08 Å². The molecule has 0 unspecified atom stereocenters. The lowest BCUT2D eigenvalue weighted by molar-refractivity contribution is -0.0592. The summed E-state index contributed by atoms with van der Waals surface area (Å²) < 4.78 is 29.2. The summed E-state index contributed by atoms with van der Waals surface area (Å²) in [5.41, 5.74) is 5.67. The number of ether oxygens (including phenoxy) is 2. The standard InChI is InChI=1S/C34H33ClFN3O4/c1-20-15-31(27-7-6-23(35)17-28(27)36)43-33-25(20)3-2-4-26(33)21-9-12-38(13-10-21)19-32-37-29-8-5-22(34(40)41)16-30(29)39(32)18-24-11-14-42-24/h2-8,15-17,21,24,31H,9-14,18-19H2,1H3,(H,40,41)/t24-,31-/m0/s1. The lowest BCUT2D eigenvalue weighted by Crippen LogP contribution is -2.35. The minimum atomic E-state index is -0.944. The van der Waals surface area contributed by atoms with Crippen molar-refractivity contribution in [1.82, 2.24) is 14.5 Å². The molecule has 3 aliphatic heterocycles. The number of carbonyl (C=O) groups is 1. The number of carboxylic acids is 1. The van der Waals surface area contributed by atoms with Crippen molar-refractivity contribution in [2.75, 3.05) is 19.7 Å². The van der Waals surface area contributed by atoms with Crippen LogP contribution in [0.1, 0.15) is 71.1 Å². The van der Waals surface area contributed by atoms with E-state index in [0.717, 1.165) is 72.7 Å². The average molecular weight is 602 g/mol. The minimum absolute atomic E-state index is 0.127. The Hall–Kier alpha value is -3.72. The van der Waals surface area contributed by atoms with Crippen molar-refractivity contribution < 1.29 is 23.8 Å². The van der Waals surface area contributed by atoms with Gasteiger partial charge in [-0.2, -0.15) is 0 Å². The number of halogens is 2. The number of carboxylic acid groups (broad SMARTS) is 1. The molecule has 0 spiro atoms. The maximum Gasteiger partial charge on any atom is 0.335 e. The molecule has 2 saturated heterocycles. The van der Waals surface area contributed by atoms with E-state index < -0.39 is 12.1 Å². The first-order valence-electron chi connectivity index (χ1n) is 14.8. The third-order valence-corrected chi connectivity index (χ3v) is 9.27. The highest BCUT2D eigenvalue weighted by atomic mass is 35.5. The summed E-state index contributed by atoms with van der Waals surface area (Å²) in [6.45, 7) is 5.94. The van der Waals surface area contributed by atoms with Crippen LogP contribution in [0, 0.1) is 5.82 Å². The van der Waals surface area contributed by atoms with Gasteiger partial charge in [0.05, 0.1) is 35.8 Å². The Balaban J connectivity index is 1.10. The second kappa shape index (κ2) is 11.4. The fourth-order valence-corrected chi connectivity index (χ4v) is 6.70. The van der Waals surface area contributed by atoms with Crippen molar-refractivity contribution in [2.45, 2.75) is 57.4 Å². The van der Waals surface area contributed by atoms with Crippen LogP contribution in [-0.2, 0) is 17.8 Å². The van der Waals surface area contributed by atoms with Crippen molar-refractivity contribution in [3.63, 3.8) is 0 Å². The number of rotatable bonds is 7. The Morgan fingerprint density at radius 2 is 1.91 bits per heavy atom. The molecule has 4 heterocycles. The third-order valence-electron chi connectivity index (χ3n) is 9.03. The first kappa shape index (κ1) is 28.1. The van der Waals surface area contributed by atoms with Crippen LogP contribution in [0.3, 0.4) is 0 Å². The number of aromatic nitrogens is 2. The summed E-state index contributed by atoms with van der Waals surface area (Å²) >= 11 is 6.00. The molecular weight excluding hydrogens is 569 g/mol. The highest BCUT2D eigenvalue weighted by Gasteiger charge is 2.30. The smallest absolute Gasteiger partial charge is 0.335 e. The molecule has 222 valence electrons. The predicted octanol–water partition coefficient (Wildman–Crippen LogP) is 7.23. The first-order valence-corrected chi connectivity index (χ1v) is 15.2. The molecule has 0 radical (unpaired) electrons. The van der Waals surface area contributed by atoms with E-state index in [9.17, 15) is 14.3 Å². The van der Waals surface area contributed by atoms with Gasteiger partial charge in [0.2, 0.25) is 0 Å². The topological polar surface area (TPSA) is 76.8 Å². The van der Waals surface area contributed by atoms with Gasteiger partial charge < -0.3 is 19.1 Å². The molecule has 7 nitrogen and oxygen atoms in total. The summed E-state index contributed by atoms with van der Waals surface area (Å²) in [6.07, 6.45) is 4.49. The van der Waals surface area contributed by atoms with Gasteiger partial charge in [0.1, 0.15) is 23.5 Å². The number of piperidine rings is 1. The molecule has 4 aromatic rings. The quantitative estimate of drug-likeness (QED) is 0.241. The van der Waals surface area contributed by atoms with Gasteiger partial charge in [-0.15, -0.1) is 0 Å². The van der Waals surface area contributed by atoms with Crippen LogP contribution in [0.2, 0.25) is 5.02 Å². The number of nitrogens with zero attached hydrogens (tertiary/aromatic N) is 3. The number of imidazole rings is 1. The molecule has 3 aliphatic rings. The molecule has 0 bridgehead atoms. The van der Waals surface area contributed by atoms with Gasteiger partial charge in [-0.25, -0.2) is 14.2 Å². The Bertz CT molecular complexity index is 1740. The van der Waals surface area contributed by atoms with Crippen LogP contribution in [0.25, 0.3) is 16.6 Å². The molecule has 1 N–H and O–H groups in total. The lowest BCUT2D eigenvalue weighted by atomic mass is 9.85. The van der Waals surface area contributed by atoms with Gasteiger partial charge >= 0.3 is 5.97 Å². The summed E-state index contributed by atoms with van der Waals surface area (Å²) in [7, 11) is 0. The second-order valence-electron chi connectivity index (χ2n) is 11.8. The molecule has 0 saturated carbocycles. The number of aromatic carboxylic acids is 1. The van der Waals surface area contributed by atoms with Crippen molar-refractivity contribution in [1.29, 1.82) is 0 Å². The van der Waals surface area contributed by atoms with Crippen molar-refractivity contribution in [2.24, 2.45) is 0 Å². The van der Waals surface area contributed by atoms with Crippen LogP contribution in [-0.4, -0.2) is 51.3 Å². The number of benzene rings is 3. The first-order chi connectivity index (χ1) is 20.8. The largest absolute Gasteiger partial charge is 0.481 e. The maximum absolute atomic E-state index is 14.8. The van der Waals surface area contributed by atoms with Crippen LogP contribution in [0.15, 0.2) is 60.7 Å². The molecule has 2 fully saturated rings. The molecule has 2 atom stereocenters. The molecule has 43 heavy (non-hydrogen) atoms. The Morgan fingerprint density at radius 1 is 1.09 bits per heavy atom. The van der Waals surface area contributed by atoms with Gasteiger partial charge in [0.25, 0.3) is 0 Å². The summed E-state index contributed by atoms with van der Waals surface area (Å²) in [5, 5.41) is 9.91. The number of likely N-dealkylation sites (tertiary alicyclic amines) is 1. The Labute approximate surface area is 254 Å². The van der Waals surface area contributed by atoms with Crippen molar-refractivity contribution in [3.8, 4) is 5.75 Å². The third kappa shape index (κ3) is 5.44. The van der Waals surface area contributed by atoms with Crippen LogP contribution in [0.5, 0.6) is 5.75 Å². The van der Waals surface area contributed by atoms with Crippen LogP contribution in [0.4, 0.5) is 4.39 Å². The van der Waals surface area contributed by atoms with Crippen molar-refractivity contribution >= 4 is 34.2 Å². The van der Waals surface area contributed by atoms with E-state index in [0.29, 0.717) is 29.6 Å². The maximum atomic E-state index is 14.8. The molecule has 0 aliphatic carbocycles. The fourth-order valence-electron chi connectivity index (χ4n) is 6.55. The summed E-state index contributed by atoms with van der Waals surface area (Å²) in [4.78, 5) is 19.0. The normalized spacial score (nSPS) is 20.8. The number of hydrogen-bond acceptors (Lipinski definition) is 5. The number of hydrogen-bond donors (Lipinski definition) is 1. The van der Waals surface area contributed by atoms with E-state index in [1.54, 1.807) is 30.3 Å². The number of allylic oxidation sites excluding steroid dienone is 1. The van der Waals surface area contributed by atoms with Gasteiger partial charge in [-0.1, -0.05) is 35.9 Å². The zero-order chi connectivity index (χ0) is 29.7. The van der Waals surface area contributed by atoms with Crippen molar-refractivity contribution in [3.05, 3.63) is 99.6 Å². The zero-order valence-corrected chi connectivity index (χ0v) is 24.7. The molecule has 9 heteroatoms. The highest BCUT2D eigenvalue weighted by molar-refractivity contribution is 6.30. The predicted molar refractivity (Wildman–Crippen MR) is 163 cm³/mol. The van der Waals surface area contributed by atoms with E-state index >= 15 is 0 Å². The highest BCUT2D eigenvalue weighted by Crippen LogP contribution is 2.44. The van der Waals surface area contributed by atoms with E-state index in [4.69, 9.17) is 26.1 Å². The Kier molecular flexibility index (Phi) is 7.45. The second-order valence-corrected chi connectivity index (χ2v) is 12.2. The van der Waals surface area contributed by atoms with E-state index in [1.165, 1.54) is 11.6 Å².